The number of hydrogen-bond acceptors (Lipinski definition) is 3. The number of rotatable bonds is 4. The predicted octanol–water partition coefficient (Wildman–Crippen LogP) is 2.68. The molecule has 2 heterocycles. The van der Waals surface area contributed by atoms with Gasteiger partial charge in [-0.25, -0.2) is 0 Å². The molecule has 2 aliphatic heterocycles. The number of fused-ring (bicyclic) bond motifs is 1. The quantitative estimate of drug-likeness (QED) is 0.839. The van der Waals surface area contributed by atoms with Crippen molar-refractivity contribution in [3.05, 3.63) is 29.3 Å². The van der Waals surface area contributed by atoms with Crippen molar-refractivity contribution in [1.82, 2.24) is 4.90 Å². The molecular weight excluding hydrogens is 248 g/mol. The molecule has 2 aliphatic rings. The lowest BCUT2D eigenvalue weighted by atomic mass is 10.0. The minimum Gasteiger partial charge on any atom is -0.380 e. The number of methoxy groups -OCH3 is 1. The van der Waals surface area contributed by atoms with Crippen LogP contribution in [0.25, 0.3) is 0 Å². The molecule has 0 unspecified atom stereocenters. The lowest BCUT2D eigenvalue weighted by Crippen LogP contribution is -2.28. The van der Waals surface area contributed by atoms with Gasteiger partial charge in [-0.15, -0.1) is 0 Å². The van der Waals surface area contributed by atoms with E-state index in [1.807, 2.05) is 7.11 Å². The largest absolute Gasteiger partial charge is 0.380 e. The van der Waals surface area contributed by atoms with Crippen LogP contribution in [0.2, 0.25) is 0 Å². The maximum absolute atomic E-state index is 5.47. The van der Waals surface area contributed by atoms with Gasteiger partial charge in [0.15, 0.2) is 0 Å². The molecule has 3 rings (SSSR count). The fourth-order valence-electron chi connectivity index (χ4n) is 3.59. The molecule has 1 aromatic carbocycles. The van der Waals surface area contributed by atoms with E-state index in [0.717, 1.165) is 19.6 Å². The van der Waals surface area contributed by atoms with Crippen molar-refractivity contribution in [2.24, 2.45) is 0 Å². The molecule has 3 heteroatoms. The van der Waals surface area contributed by atoms with E-state index in [-0.39, 0.29) is 0 Å². The van der Waals surface area contributed by atoms with Crippen LogP contribution in [0.15, 0.2) is 18.2 Å². The third-order valence-corrected chi connectivity index (χ3v) is 4.74. The van der Waals surface area contributed by atoms with Gasteiger partial charge in [0.2, 0.25) is 0 Å². The fraction of sp³-hybridized carbons (Fsp3) is 0.647. The highest BCUT2D eigenvalue weighted by molar-refractivity contribution is 5.61. The molecule has 0 aromatic heterocycles. The van der Waals surface area contributed by atoms with E-state index in [4.69, 9.17) is 4.74 Å². The lowest BCUT2D eigenvalue weighted by molar-refractivity contribution is 0.107. The number of ether oxygens (including phenoxy) is 1. The van der Waals surface area contributed by atoms with Crippen molar-refractivity contribution in [3.8, 4) is 0 Å². The first kappa shape index (κ1) is 13.9. The van der Waals surface area contributed by atoms with Gasteiger partial charge in [0.1, 0.15) is 0 Å². The average molecular weight is 274 g/mol. The van der Waals surface area contributed by atoms with Crippen LogP contribution >= 0.6 is 0 Å². The Kier molecular flexibility index (Phi) is 3.99. The summed E-state index contributed by atoms with van der Waals surface area (Å²) in [6, 6.07) is 7.41. The third-order valence-electron chi connectivity index (χ3n) is 4.74. The SMILES string of the molecule is CO[C@H]1CCN(Cc2cccc3c2CCN3C(C)C)C1. The Morgan fingerprint density at radius 2 is 2.15 bits per heavy atom. The Morgan fingerprint density at radius 3 is 2.85 bits per heavy atom. The van der Waals surface area contributed by atoms with Crippen LogP contribution in [0.3, 0.4) is 0 Å². The van der Waals surface area contributed by atoms with E-state index in [1.165, 1.54) is 30.6 Å². The van der Waals surface area contributed by atoms with Gasteiger partial charge in [-0.3, -0.25) is 4.90 Å². The van der Waals surface area contributed by atoms with Gasteiger partial charge < -0.3 is 9.64 Å². The standard InChI is InChI=1S/C17H26N2O/c1-13(2)19-10-8-16-14(5-4-6-17(16)19)11-18-9-7-15(12-18)20-3/h4-6,13,15H,7-12H2,1-3H3/t15-/m0/s1. The lowest BCUT2D eigenvalue weighted by Gasteiger charge is -2.24. The topological polar surface area (TPSA) is 15.7 Å². The highest BCUT2D eigenvalue weighted by Gasteiger charge is 2.26. The van der Waals surface area contributed by atoms with Gasteiger partial charge in [0.05, 0.1) is 6.10 Å². The predicted molar refractivity (Wildman–Crippen MR) is 83.3 cm³/mol. The zero-order chi connectivity index (χ0) is 14.1. The van der Waals surface area contributed by atoms with E-state index >= 15 is 0 Å². The van der Waals surface area contributed by atoms with E-state index in [9.17, 15) is 0 Å². The molecule has 1 fully saturated rings. The maximum Gasteiger partial charge on any atom is 0.0710 e. The Labute approximate surface area is 122 Å². The van der Waals surface area contributed by atoms with Crippen molar-refractivity contribution < 1.29 is 4.74 Å². The first-order chi connectivity index (χ1) is 9.69. The van der Waals surface area contributed by atoms with E-state index in [0.29, 0.717) is 12.1 Å². The van der Waals surface area contributed by atoms with Gasteiger partial charge in [-0.1, -0.05) is 12.1 Å². The molecule has 20 heavy (non-hydrogen) atoms. The fourth-order valence-corrected chi connectivity index (χ4v) is 3.59. The molecule has 0 amide bonds. The van der Waals surface area contributed by atoms with E-state index in [1.54, 1.807) is 5.56 Å². The van der Waals surface area contributed by atoms with E-state index in [2.05, 4.69) is 41.8 Å². The molecule has 1 saturated heterocycles. The van der Waals surface area contributed by atoms with Gasteiger partial charge in [-0.05, 0) is 43.9 Å². The summed E-state index contributed by atoms with van der Waals surface area (Å²) in [6.45, 7) is 9.06. The molecular formula is C17H26N2O. The summed E-state index contributed by atoms with van der Waals surface area (Å²) in [5.41, 5.74) is 4.55. The second-order valence-electron chi connectivity index (χ2n) is 6.33. The van der Waals surface area contributed by atoms with Gasteiger partial charge in [0.25, 0.3) is 0 Å². The van der Waals surface area contributed by atoms with Crippen LogP contribution in [-0.2, 0) is 17.7 Å². The second-order valence-corrected chi connectivity index (χ2v) is 6.33. The van der Waals surface area contributed by atoms with Crippen molar-refractivity contribution >= 4 is 5.69 Å². The monoisotopic (exact) mass is 274 g/mol. The molecule has 0 radical (unpaired) electrons. The molecule has 0 saturated carbocycles. The van der Waals surface area contributed by atoms with Crippen LogP contribution in [0.4, 0.5) is 5.69 Å². The summed E-state index contributed by atoms with van der Waals surface area (Å²) in [6.07, 6.45) is 2.80. The first-order valence-corrected chi connectivity index (χ1v) is 7.81. The number of likely N-dealkylation sites (tertiary alicyclic amines) is 1. The van der Waals surface area contributed by atoms with Gasteiger partial charge >= 0.3 is 0 Å². The molecule has 0 spiro atoms. The Morgan fingerprint density at radius 1 is 1.30 bits per heavy atom. The number of benzene rings is 1. The van der Waals surface area contributed by atoms with Crippen LogP contribution in [0, 0.1) is 0 Å². The normalized spacial score (nSPS) is 22.8. The van der Waals surface area contributed by atoms with Crippen molar-refractivity contribution in [3.63, 3.8) is 0 Å². The summed E-state index contributed by atoms with van der Waals surface area (Å²) in [7, 11) is 1.83. The molecule has 0 bridgehead atoms. The van der Waals surface area contributed by atoms with Gasteiger partial charge in [-0.2, -0.15) is 0 Å². The van der Waals surface area contributed by atoms with Crippen LogP contribution in [-0.4, -0.2) is 43.8 Å². The van der Waals surface area contributed by atoms with Crippen LogP contribution < -0.4 is 4.90 Å². The maximum atomic E-state index is 5.47. The number of anilines is 1. The first-order valence-electron chi connectivity index (χ1n) is 7.81. The second kappa shape index (κ2) is 5.74. The Balaban J connectivity index is 1.76. The van der Waals surface area contributed by atoms with Gasteiger partial charge in [0, 0.05) is 45.0 Å². The minimum absolute atomic E-state index is 0.430. The summed E-state index contributed by atoms with van der Waals surface area (Å²) in [5, 5.41) is 0. The molecule has 1 aromatic rings. The summed E-state index contributed by atoms with van der Waals surface area (Å²) >= 11 is 0. The van der Waals surface area contributed by atoms with Crippen molar-refractivity contribution in [2.45, 2.75) is 45.4 Å². The summed E-state index contributed by atoms with van der Waals surface area (Å²) in [4.78, 5) is 5.06. The number of hydrogen-bond donors (Lipinski definition) is 0. The summed E-state index contributed by atoms with van der Waals surface area (Å²) < 4.78 is 5.47. The van der Waals surface area contributed by atoms with Crippen molar-refractivity contribution in [2.75, 3.05) is 31.6 Å². The molecule has 1 atom stereocenters. The Hall–Kier alpha value is -1.06. The summed E-state index contributed by atoms with van der Waals surface area (Å²) in [5.74, 6) is 0. The number of nitrogens with zero attached hydrogens (tertiary/aromatic N) is 2. The average Bonchev–Trinajstić information content (AvgIpc) is 3.05. The molecule has 110 valence electrons. The van der Waals surface area contributed by atoms with Crippen molar-refractivity contribution in [1.29, 1.82) is 0 Å². The molecule has 3 nitrogen and oxygen atoms in total. The Bertz CT molecular complexity index is 472. The molecule has 0 aliphatic carbocycles. The minimum atomic E-state index is 0.430. The van der Waals surface area contributed by atoms with Crippen LogP contribution in [0.5, 0.6) is 0 Å². The van der Waals surface area contributed by atoms with E-state index < -0.39 is 0 Å². The highest BCUT2D eigenvalue weighted by Crippen LogP contribution is 2.33. The van der Waals surface area contributed by atoms with Crippen LogP contribution in [0.1, 0.15) is 31.4 Å². The zero-order valence-electron chi connectivity index (χ0n) is 12.9. The zero-order valence-corrected chi connectivity index (χ0v) is 12.9. The third kappa shape index (κ3) is 2.57. The smallest absolute Gasteiger partial charge is 0.0710 e. The molecule has 0 N–H and O–H groups in total. The highest BCUT2D eigenvalue weighted by atomic mass is 16.5.